The minimum absolute atomic E-state index is 0. The van der Waals surface area contributed by atoms with Gasteiger partial charge in [0, 0.05) is 10.6 Å². The Hall–Kier alpha value is -8.55. The molecule has 0 spiro atoms. The van der Waals surface area contributed by atoms with Gasteiger partial charge in [0.1, 0.15) is 23.5 Å². The summed E-state index contributed by atoms with van der Waals surface area (Å²) in [5.74, 6) is 1.63. The second kappa shape index (κ2) is 38.9. The third kappa shape index (κ3) is 23.4. The molecule has 638 valence electrons. The second-order valence-electron chi connectivity index (χ2n) is 28.8. The fraction of sp³-hybridized carbons (Fsp3) is 0.258. The van der Waals surface area contributed by atoms with Gasteiger partial charge in [-0.15, -0.1) is 0 Å². The average molecular weight is 1840 g/mol. The first kappa shape index (κ1) is 93.7. The predicted molar refractivity (Wildman–Crippen MR) is 423 cm³/mol. The van der Waals surface area contributed by atoms with E-state index >= 15 is 0 Å². The van der Waals surface area contributed by atoms with Crippen molar-refractivity contribution in [3.8, 4) is 11.5 Å². The zero-order valence-electron chi connectivity index (χ0n) is 64.8. The molecule has 0 amide bonds. The van der Waals surface area contributed by atoms with E-state index < -0.39 is 211 Å². The molecule has 14 rings (SSSR count). The van der Waals surface area contributed by atoms with Gasteiger partial charge in [-0.25, -0.2) is 4.39 Å². The van der Waals surface area contributed by atoms with Crippen LogP contribution in [0.5, 0.6) is 11.5 Å². The number of hydrogen-bond donors (Lipinski definition) is 0. The van der Waals surface area contributed by atoms with Crippen LogP contribution >= 0.6 is 23.8 Å². The van der Waals surface area contributed by atoms with E-state index in [1.807, 2.05) is 0 Å². The fourth-order valence-electron chi connectivity index (χ4n) is 15.7. The molecule has 0 atom stereocenters. The predicted octanol–water partition coefficient (Wildman–Crippen LogP) is 25.6. The molecule has 3 fully saturated rings. The molecule has 0 saturated heterocycles. The van der Waals surface area contributed by atoms with Crippen LogP contribution in [0.25, 0.3) is 0 Å². The number of rotatable bonds is 15. The van der Waals surface area contributed by atoms with Crippen LogP contribution in [0.3, 0.4) is 0 Å². The van der Waals surface area contributed by atoms with Gasteiger partial charge >= 0.3 is 68.9 Å². The molecule has 11 aromatic rings. The standard InChI is InChI=1S/C36H28OP2.C32H12BF24.C15H27P.C6H5F.Rh.2H/c1-5-17-29(18-6-1)38(30-19-7-2-8-20-30)35-27-15-13-25-33(35)37-34-26-14-16-28-36(34)39(31-21-9-3-10-22-31)32-23-11-4-12-24-32;34-25(35,36)13-1-14(26(37,38)39)6-21(5-13)33(22-7-15(27(40,41)42)2-16(8-22)28(43,44)45,23-9-17(29(46,47)48)3-18(10-23)30(49,50)51)24-11-19(31(52,53)54)4-20(12-24)32(55,56)57;1-2-8-13(7-1)16(14-9-3-4-10-14)15-11-5-6-12-15;7-6-4-2-1-3-5-6;;;/h1-28H;1-12H;13-15H,1-12H2;1-5H;;;/q;-1;;;+3;2*-1. The smallest absolute Gasteiger partial charge is 1.00 e. The number of alkyl halides is 24. The van der Waals surface area contributed by atoms with E-state index in [1.165, 1.54) is 60.9 Å². The van der Waals surface area contributed by atoms with Crippen molar-refractivity contribution in [2.45, 2.75) is 143 Å². The minimum Gasteiger partial charge on any atom is -1.00 e. The topological polar surface area (TPSA) is 9.23 Å². The molecular formula is C89H74BF25OP3Rh. The van der Waals surface area contributed by atoms with Gasteiger partial charge in [-0.05, 0) is 141 Å². The van der Waals surface area contributed by atoms with E-state index in [0.29, 0.717) is 7.92 Å². The summed E-state index contributed by atoms with van der Waals surface area (Å²) in [6.45, 7) is 0. The monoisotopic (exact) mass is 1840 g/mol. The molecule has 0 bridgehead atoms. The molecule has 1 nitrogen and oxygen atoms in total. The second-order valence-corrected chi connectivity index (χ2v) is 36.3. The van der Waals surface area contributed by atoms with Crippen molar-refractivity contribution in [3.05, 3.63) is 323 Å². The molecular weight excluding hydrogens is 1770 g/mol. The van der Waals surface area contributed by atoms with E-state index in [9.17, 15) is 110 Å². The molecule has 120 heavy (non-hydrogen) atoms. The third-order valence-corrected chi connectivity index (χ3v) is 29.9. The van der Waals surface area contributed by atoms with Crippen LogP contribution in [-0.4, -0.2) is 23.1 Å². The van der Waals surface area contributed by atoms with Crippen LogP contribution in [0.15, 0.2) is 273 Å². The van der Waals surface area contributed by atoms with Gasteiger partial charge < -0.3 is 7.59 Å². The third-order valence-electron chi connectivity index (χ3n) is 20.9. The van der Waals surface area contributed by atoms with Crippen LogP contribution in [0.4, 0.5) is 110 Å². The zero-order valence-corrected chi connectivity index (χ0v) is 67.1. The summed E-state index contributed by atoms with van der Waals surface area (Å²) < 4.78 is 360. The molecule has 3 saturated carbocycles. The molecule has 0 aromatic heterocycles. The summed E-state index contributed by atoms with van der Waals surface area (Å²) in [5, 5.41) is 7.64. The van der Waals surface area contributed by atoms with Crippen LogP contribution in [-0.2, 0) is 68.9 Å². The summed E-state index contributed by atoms with van der Waals surface area (Å²) in [6.07, 6.45) is -35.8. The maximum Gasteiger partial charge on any atom is 3.00 e. The van der Waals surface area contributed by atoms with E-state index in [-0.39, 0.29) is 28.1 Å². The number of para-hydroxylation sites is 2. The first-order chi connectivity index (χ1) is 56.0. The minimum atomic E-state index is -6.13. The maximum atomic E-state index is 14.2. The van der Waals surface area contributed by atoms with Crippen molar-refractivity contribution in [3.63, 3.8) is 0 Å². The van der Waals surface area contributed by atoms with Crippen LogP contribution in [0, 0.1) is 5.82 Å². The quantitative estimate of drug-likeness (QED) is 0.0565. The molecule has 0 aliphatic heterocycles. The molecule has 3 aliphatic carbocycles. The van der Waals surface area contributed by atoms with Gasteiger partial charge in [0.15, 0.2) is 0 Å². The normalized spacial score (nSPS) is 14.9. The van der Waals surface area contributed by atoms with Crippen molar-refractivity contribution in [1.82, 2.24) is 0 Å². The summed E-state index contributed by atoms with van der Waals surface area (Å²) in [4.78, 5) is 0. The van der Waals surface area contributed by atoms with Gasteiger partial charge in [-0.1, -0.05) is 271 Å². The Morgan fingerprint density at radius 3 is 0.617 bits per heavy atom. The molecule has 0 N–H and O–H groups in total. The first-order valence-corrected chi connectivity index (χ1v) is 41.7. The maximum absolute atomic E-state index is 14.2. The Morgan fingerprint density at radius 2 is 0.433 bits per heavy atom. The number of ether oxygens (including phenoxy) is 1. The summed E-state index contributed by atoms with van der Waals surface area (Å²) in [6, 6.07) is 59.3. The molecule has 0 heterocycles. The summed E-state index contributed by atoms with van der Waals surface area (Å²) >= 11 is 0. The molecule has 31 heteroatoms. The molecule has 3 aliphatic rings. The van der Waals surface area contributed by atoms with E-state index in [2.05, 4.69) is 170 Å². The van der Waals surface area contributed by atoms with Crippen molar-refractivity contribution in [1.29, 1.82) is 0 Å². The Morgan fingerprint density at radius 1 is 0.250 bits per heavy atom. The Balaban J connectivity index is 0.000000241. The van der Waals surface area contributed by atoms with Crippen molar-refractivity contribution < 1.29 is 137 Å². The first-order valence-electron chi connectivity index (χ1n) is 37.5. The summed E-state index contributed by atoms with van der Waals surface area (Å²) in [7, 11) is -1.15. The molecule has 0 radical (unpaired) electrons. The average Bonchev–Trinajstić information content (AvgIpc) is 0.881. The van der Waals surface area contributed by atoms with Gasteiger partial charge in [0.2, 0.25) is 0 Å². The number of halogens is 25. The number of benzene rings is 11. The van der Waals surface area contributed by atoms with Crippen LogP contribution in [0.1, 0.15) is 124 Å². The largest absolute Gasteiger partial charge is 3.00 e. The van der Waals surface area contributed by atoms with Crippen molar-refractivity contribution >= 4 is 83.6 Å². The van der Waals surface area contributed by atoms with E-state index in [0.717, 1.165) is 11.5 Å². The van der Waals surface area contributed by atoms with Gasteiger partial charge in [-0.3, -0.25) is 0 Å². The van der Waals surface area contributed by atoms with Crippen LogP contribution in [0.2, 0.25) is 0 Å². The SMILES string of the molecule is C1CCC(P(C2CCCC2)C2CCCC2)C1.FC(F)(F)c1cc([B-](c2cc(C(F)(F)F)cc(C(F)(F)F)c2)(c2cc(C(F)(F)F)cc(C(F)(F)F)c2)c2cc(C(F)(F)F)cc(C(F)(F)F)c2)cc(C(F)(F)F)c1.Fc1ccccc1.[H-].[H-].[Rh+3].c1ccc(P(c2ccccc2)c2ccccc2Oc2ccccc2P(c2ccccc2)c2ccccc2)cc1. The van der Waals surface area contributed by atoms with Crippen molar-refractivity contribution in [2.24, 2.45) is 0 Å². The van der Waals surface area contributed by atoms with E-state index in [1.54, 1.807) is 95.2 Å². The van der Waals surface area contributed by atoms with Gasteiger partial charge in [-0.2, -0.15) is 127 Å². The van der Waals surface area contributed by atoms with Crippen LogP contribution < -0.4 is 58.4 Å². The Labute approximate surface area is 695 Å². The van der Waals surface area contributed by atoms with Gasteiger partial charge in [0.05, 0.1) is 44.5 Å². The Bertz CT molecular complexity index is 4480. The number of hydrogen-bond acceptors (Lipinski definition) is 1. The molecule has 11 aromatic carbocycles. The van der Waals surface area contributed by atoms with Gasteiger partial charge in [0.25, 0.3) is 0 Å². The van der Waals surface area contributed by atoms with E-state index in [4.69, 9.17) is 4.74 Å². The fourth-order valence-corrected chi connectivity index (χ4v) is 25.1. The zero-order chi connectivity index (χ0) is 86.1. The summed E-state index contributed by atoms with van der Waals surface area (Å²) in [5.41, 5.74) is -26.6. The van der Waals surface area contributed by atoms with Crippen molar-refractivity contribution in [2.75, 3.05) is 0 Å². The Kier molecular flexibility index (Phi) is 30.4. The molecule has 0 unspecified atom stereocenters.